The van der Waals surface area contributed by atoms with E-state index in [1.54, 1.807) is 12.1 Å². The molecule has 0 bridgehead atoms. The predicted molar refractivity (Wildman–Crippen MR) is 73.4 cm³/mol. The molecule has 0 atom stereocenters. The lowest BCUT2D eigenvalue weighted by Crippen LogP contribution is -2.33. The predicted octanol–water partition coefficient (Wildman–Crippen LogP) is 2.85. The highest BCUT2D eigenvalue weighted by atomic mass is 35.5. The number of aliphatic hydroxyl groups is 1. The maximum Gasteiger partial charge on any atom is 0.210 e. The Kier molecular flexibility index (Phi) is 5.76. The molecule has 0 aromatic heterocycles. The van der Waals surface area contributed by atoms with Crippen molar-refractivity contribution in [3.05, 3.63) is 34.6 Å². The van der Waals surface area contributed by atoms with Crippen molar-refractivity contribution in [2.45, 2.75) is 26.8 Å². The average Bonchev–Trinajstić information content (AvgIpc) is 2.33. The van der Waals surface area contributed by atoms with Crippen LogP contribution in [0, 0.1) is 11.2 Å². The Morgan fingerprint density at radius 2 is 2.16 bits per heavy atom. The van der Waals surface area contributed by atoms with Gasteiger partial charge >= 0.3 is 0 Å². The Labute approximate surface area is 118 Å². The van der Waals surface area contributed by atoms with Gasteiger partial charge in [-0.25, -0.2) is 4.39 Å². The number of carbonyl (C=O) groups excluding carboxylic acids is 1. The summed E-state index contributed by atoms with van der Waals surface area (Å²) in [6, 6.07) is 4.74. The Morgan fingerprint density at radius 3 is 2.74 bits per heavy atom. The van der Waals surface area contributed by atoms with Crippen molar-refractivity contribution >= 4 is 18.0 Å². The van der Waals surface area contributed by atoms with Gasteiger partial charge in [-0.2, -0.15) is 0 Å². The molecule has 0 saturated carbocycles. The van der Waals surface area contributed by atoms with E-state index in [4.69, 9.17) is 16.7 Å². The van der Waals surface area contributed by atoms with Gasteiger partial charge in [-0.05, 0) is 17.9 Å². The van der Waals surface area contributed by atoms with Gasteiger partial charge in [-0.1, -0.05) is 37.6 Å². The molecule has 1 aromatic rings. The van der Waals surface area contributed by atoms with E-state index in [0.29, 0.717) is 24.9 Å². The van der Waals surface area contributed by atoms with Crippen LogP contribution in [0.4, 0.5) is 4.39 Å². The van der Waals surface area contributed by atoms with E-state index in [-0.39, 0.29) is 23.6 Å². The highest BCUT2D eigenvalue weighted by Crippen LogP contribution is 2.23. The lowest BCUT2D eigenvalue weighted by atomic mass is 9.89. The van der Waals surface area contributed by atoms with Gasteiger partial charge in [0.25, 0.3) is 0 Å². The average molecular weight is 288 g/mol. The number of aliphatic hydroxyl groups excluding tert-OH is 1. The minimum atomic E-state index is -0.490. The number of benzene rings is 1. The zero-order valence-electron chi connectivity index (χ0n) is 11.2. The van der Waals surface area contributed by atoms with Crippen molar-refractivity contribution in [2.24, 2.45) is 5.41 Å². The van der Waals surface area contributed by atoms with Crippen molar-refractivity contribution < 1.29 is 14.3 Å². The fraction of sp³-hybridized carbons (Fsp3) is 0.500. The first kappa shape index (κ1) is 15.9. The third kappa shape index (κ3) is 4.80. The summed E-state index contributed by atoms with van der Waals surface area (Å²) in [5.41, 5.74) is 0.171. The van der Waals surface area contributed by atoms with E-state index in [2.05, 4.69) is 0 Å². The van der Waals surface area contributed by atoms with Gasteiger partial charge in [0.2, 0.25) is 6.41 Å². The van der Waals surface area contributed by atoms with Crippen LogP contribution in [0.15, 0.2) is 18.2 Å². The van der Waals surface area contributed by atoms with Crippen LogP contribution in [0.25, 0.3) is 0 Å². The number of hydrogen-bond donors (Lipinski definition) is 1. The number of carbonyl (C=O) groups is 1. The maximum atomic E-state index is 13.8. The van der Waals surface area contributed by atoms with E-state index in [1.807, 2.05) is 13.8 Å². The van der Waals surface area contributed by atoms with Crippen molar-refractivity contribution in [1.29, 1.82) is 0 Å². The fourth-order valence-corrected chi connectivity index (χ4v) is 2.15. The monoisotopic (exact) mass is 287 g/mol. The Morgan fingerprint density at radius 1 is 1.47 bits per heavy atom. The molecule has 3 nitrogen and oxygen atoms in total. The molecule has 0 unspecified atom stereocenters. The molecule has 1 amide bonds. The molecule has 106 valence electrons. The summed E-state index contributed by atoms with van der Waals surface area (Å²) in [6.07, 6.45) is 1.27. The first-order valence-corrected chi connectivity index (χ1v) is 6.50. The van der Waals surface area contributed by atoms with Gasteiger partial charge in [0, 0.05) is 25.3 Å². The second kappa shape index (κ2) is 6.87. The van der Waals surface area contributed by atoms with Crippen LogP contribution in [0.2, 0.25) is 5.02 Å². The summed E-state index contributed by atoms with van der Waals surface area (Å²) in [5, 5.41) is 9.03. The van der Waals surface area contributed by atoms with E-state index in [0.717, 1.165) is 0 Å². The smallest absolute Gasteiger partial charge is 0.210 e. The summed E-state index contributed by atoms with van der Waals surface area (Å²) in [7, 11) is 0. The quantitative estimate of drug-likeness (QED) is 0.784. The summed E-state index contributed by atoms with van der Waals surface area (Å²) >= 11 is 5.71. The Hall–Kier alpha value is -1.13. The molecular weight excluding hydrogens is 269 g/mol. The third-order valence-corrected chi connectivity index (χ3v) is 3.27. The molecule has 1 rings (SSSR count). The zero-order valence-corrected chi connectivity index (χ0v) is 12.0. The molecule has 0 aliphatic heterocycles. The standard InChI is InChI=1S/C14H19ClFNO2/c1-14(2,6-7-18)9-17(10-19)8-11-4-3-5-12(15)13(11)16/h3-5,10,18H,6-9H2,1-2H3. The van der Waals surface area contributed by atoms with Crippen molar-refractivity contribution in [2.75, 3.05) is 13.2 Å². The number of rotatable bonds is 7. The van der Waals surface area contributed by atoms with E-state index < -0.39 is 5.82 Å². The third-order valence-electron chi connectivity index (χ3n) is 2.97. The van der Waals surface area contributed by atoms with Crippen molar-refractivity contribution in [3.8, 4) is 0 Å². The second-order valence-corrected chi connectivity index (χ2v) is 5.77. The number of nitrogens with zero attached hydrogens (tertiary/aromatic N) is 1. The molecule has 1 aromatic carbocycles. The number of halogens is 2. The Bertz CT molecular complexity index is 437. The topological polar surface area (TPSA) is 40.5 Å². The summed E-state index contributed by atoms with van der Waals surface area (Å²) in [4.78, 5) is 12.6. The molecule has 0 aliphatic rings. The fourth-order valence-electron chi connectivity index (χ4n) is 1.95. The number of amides is 1. The molecule has 0 spiro atoms. The van der Waals surface area contributed by atoms with Gasteiger partial charge in [0.15, 0.2) is 0 Å². The lowest BCUT2D eigenvalue weighted by molar-refractivity contribution is -0.120. The minimum absolute atomic E-state index is 0.0537. The molecular formula is C14H19ClFNO2. The number of hydrogen-bond acceptors (Lipinski definition) is 2. The Balaban J connectivity index is 2.77. The molecule has 19 heavy (non-hydrogen) atoms. The maximum absolute atomic E-state index is 13.8. The van der Waals surface area contributed by atoms with Gasteiger partial charge < -0.3 is 10.0 Å². The molecule has 0 radical (unpaired) electrons. The van der Waals surface area contributed by atoms with Crippen LogP contribution in [0.3, 0.4) is 0 Å². The van der Waals surface area contributed by atoms with Gasteiger partial charge in [-0.15, -0.1) is 0 Å². The van der Waals surface area contributed by atoms with Crippen LogP contribution in [0.1, 0.15) is 25.8 Å². The van der Waals surface area contributed by atoms with Gasteiger partial charge in [0.05, 0.1) is 5.02 Å². The van der Waals surface area contributed by atoms with Crippen LogP contribution < -0.4 is 0 Å². The molecule has 0 saturated heterocycles. The van der Waals surface area contributed by atoms with E-state index >= 15 is 0 Å². The minimum Gasteiger partial charge on any atom is -0.396 e. The van der Waals surface area contributed by atoms with Gasteiger partial charge in [0.1, 0.15) is 5.82 Å². The highest BCUT2D eigenvalue weighted by molar-refractivity contribution is 6.30. The van der Waals surface area contributed by atoms with Crippen LogP contribution >= 0.6 is 11.6 Å². The second-order valence-electron chi connectivity index (χ2n) is 5.36. The van der Waals surface area contributed by atoms with E-state index in [9.17, 15) is 9.18 Å². The van der Waals surface area contributed by atoms with Crippen LogP contribution in [-0.4, -0.2) is 29.6 Å². The lowest BCUT2D eigenvalue weighted by Gasteiger charge is -2.30. The van der Waals surface area contributed by atoms with Crippen molar-refractivity contribution in [1.82, 2.24) is 4.90 Å². The molecule has 5 heteroatoms. The largest absolute Gasteiger partial charge is 0.396 e. The first-order valence-electron chi connectivity index (χ1n) is 6.13. The molecule has 0 heterocycles. The van der Waals surface area contributed by atoms with E-state index in [1.165, 1.54) is 11.0 Å². The van der Waals surface area contributed by atoms with Crippen LogP contribution in [-0.2, 0) is 11.3 Å². The van der Waals surface area contributed by atoms with Crippen molar-refractivity contribution in [3.63, 3.8) is 0 Å². The highest BCUT2D eigenvalue weighted by Gasteiger charge is 2.21. The summed E-state index contributed by atoms with van der Waals surface area (Å²) in [5.74, 6) is -0.490. The van der Waals surface area contributed by atoms with Gasteiger partial charge in [-0.3, -0.25) is 4.79 Å². The molecule has 0 fully saturated rings. The SMILES string of the molecule is CC(C)(CCO)CN(C=O)Cc1cccc(Cl)c1F. The first-order chi connectivity index (χ1) is 8.89. The normalized spacial score (nSPS) is 11.4. The van der Waals surface area contributed by atoms with Crippen LogP contribution in [0.5, 0.6) is 0 Å². The molecule has 1 N–H and O–H groups in total. The zero-order chi connectivity index (χ0) is 14.5. The summed E-state index contributed by atoms with van der Waals surface area (Å²) < 4.78 is 13.8. The summed E-state index contributed by atoms with van der Waals surface area (Å²) in [6.45, 7) is 4.58. The molecule has 0 aliphatic carbocycles.